The summed E-state index contributed by atoms with van der Waals surface area (Å²) in [4.78, 5) is 15.3. The number of carboxylic acids is 1. The van der Waals surface area contributed by atoms with Gasteiger partial charge in [0.1, 0.15) is 5.75 Å². The predicted molar refractivity (Wildman–Crippen MR) is 93.0 cm³/mol. The molecule has 1 aromatic heterocycles. The summed E-state index contributed by atoms with van der Waals surface area (Å²) >= 11 is 0. The van der Waals surface area contributed by atoms with Gasteiger partial charge in [0, 0.05) is 29.9 Å². The second kappa shape index (κ2) is 6.83. The molecule has 0 aliphatic heterocycles. The summed E-state index contributed by atoms with van der Waals surface area (Å²) in [6.07, 6.45) is 5.60. The van der Waals surface area contributed by atoms with Crippen LogP contribution in [0.5, 0.6) is 5.75 Å². The Balaban J connectivity index is 1.78. The van der Waals surface area contributed by atoms with Gasteiger partial charge in [-0.3, -0.25) is 4.99 Å². The van der Waals surface area contributed by atoms with Crippen LogP contribution >= 0.6 is 0 Å². The normalized spacial score (nSPS) is 10.9. The Morgan fingerprint density at radius 2 is 1.96 bits per heavy atom. The lowest BCUT2D eigenvalue weighted by Crippen LogP contribution is -1.94. The van der Waals surface area contributed by atoms with E-state index < -0.39 is 5.97 Å². The number of aromatic carboxylic acids is 1. The Morgan fingerprint density at radius 1 is 1.17 bits per heavy atom. The molecular weight excluding hydrogens is 304 g/mol. The maximum atomic E-state index is 11.0. The molecule has 5 heteroatoms. The monoisotopic (exact) mass is 320 g/mol. The van der Waals surface area contributed by atoms with Crippen LogP contribution in [0, 0.1) is 0 Å². The number of ether oxygens (including phenoxy) is 1. The van der Waals surface area contributed by atoms with Crippen LogP contribution in [0.2, 0.25) is 0 Å². The molecule has 5 nitrogen and oxygen atoms in total. The second-order valence-electron chi connectivity index (χ2n) is 5.16. The minimum Gasteiger partial charge on any atom is -0.497 e. The topological polar surface area (TPSA) is 63.8 Å². The molecule has 120 valence electrons. The van der Waals surface area contributed by atoms with Gasteiger partial charge in [-0.15, -0.1) is 0 Å². The van der Waals surface area contributed by atoms with Crippen LogP contribution in [0.3, 0.4) is 0 Å². The summed E-state index contributed by atoms with van der Waals surface area (Å²) in [5.74, 6) is -0.149. The molecule has 0 aliphatic rings. The highest BCUT2D eigenvalue weighted by atomic mass is 16.5. The maximum Gasteiger partial charge on any atom is 0.335 e. The lowest BCUT2D eigenvalue weighted by Gasteiger charge is -2.04. The van der Waals surface area contributed by atoms with E-state index in [-0.39, 0.29) is 5.56 Å². The second-order valence-corrected chi connectivity index (χ2v) is 5.16. The van der Waals surface area contributed by atoms with Crippen molar-refractivity contribution in [3.05, 3.63) is 78.1 Å². The highest BCUT2D eigenvalue weighted by Gasteiger charge is 2.02. The number of hydrogen-bond acceptors (Lipinski definition) is 3. The molecule has 24 heavy (non-hydrogen) atoms. The molecule has 1 heterocycles. The van der Waals surface area contributed by atoms with Crippen LogP contribution in [0.25, 0.3) is 5.69 Å². The van der Waals surface area contributed by atoms with E-state index in [1.165, 1.54) is 0 Å². The van der Waals surface area contributed by atoms with Crippen LogP contribution < -0.4 is 4.74 Å². The van der Waals surface area contributed by atoms with Crippen molar-refractivity contribution in [3.8, 4) is 11.4 Å². The van der Waals surface area contributed by atoms with Crippen LogP contribution in [0.1, 0.15) is 15.9 Å². The summed E-state index contributed by atoms with van der Waals surface area (Å²) in [5, 5.41) is 9.00. The number of carbonyl (C=O) groups is 1. The number of methoxy groups -OCH3 is 1. The predicted octanol–water partition coefficient (Wildman–Crippen LogP) is 3.93. The largest absolute Gasteiger partial charge is 0.497 e. The average molecular weight is 320 g/mol. The Bertz CT molecular complexity index is 880. The van der Waals surface area contributed by atoms with Crippen molar-refractivity contribution in [2.24, 2.45) is 4.99 Å². The van der Waals surface area contributed by atoms with Crippen molar-refractivity contribution in [3.63, 3.8) is 0 Å². The van der Waals surface area contributed by atoms with Crippen LogP contribution in [-0.4, -0.2) is 29.0 Å². The van der Waals surface area contributed by atoms with Gasteiger partial charge in [0.25, 0.3) is 0 Å². The van der Waals surface area contributed by atoms with Gasteiger partial charge in [-0.25, -0.2) is 4.79 Å². The van der Waals surface area contributed by atoms with E-state index >= 15 is 0 Å². The smallest absolute Gasteiger partial charge is 0.335 e. The summed E-state index contributed by atoms with van der Waals surface area (Å²) in [5.41, 5.74) is 2.77. The third kappa shape index (κ3) is 3.52. The van der Waals surface area contributed by atoms with Crippen molar-refractivity contribution in [1.29, 1.82) is 0 Å². The van der Waals surface area contributed by atoms with E-state index in [1.54, 1.807) is 37.6 Å². The van der Waals surface area contributed by atoms with E-state index in [2.05, 4.69) is 4.99 Å². The van der Waals surface area contributed by atoms with Gasteiger partial charge in [0.15, 0.2) is 0 Å². The molecule has 0 unspecified atom stereocenters. The quantitative estimate of drug-likeness (QED) is 0.724. The molecule has 0 aliphatic carbocycles. The van der Waals surface area contributed by atoms with Crippen LogP contribution in [0.15, 0.2) is 72.0 Å². The third-order valence-electron chi connectivity index (χ3n) is 3.54. The van der Waals surface area contributed by atoms with E-state index in [0.29, 0.717) is 5.69 Å². The van der Waals surface area contributed by atoms with Crippen molar-refractivity contribution in [2.75, 3.05) is 7.11 Å². The molecule has 0 saturated carbocycles. The molecule has 3 aromatic rings. The first-order chi connectivity index (χ1) is 11.7. The SMILES string of the molecule is COc1ccc(-n2ccc(C=Nc3cccc(C(=O)O)c3)c2)cc1. The number of aliphatic imine (C=N–C) groups is 1. The first-order valence-electron chi connectivity index (χ1n) is 7.35. The molecule has 0 spiro atoms. The zero-order valence-corrected chi connectivity index (χ0v) is 13.1. The van der Waals surface area contributed by atoms with E-state index in [0.717, 1.165) is 17.0 Å². The standard InChI is InChI=1S/C19H16N2O3/c1-24-18-7-5-17(6-8-18)21-10-9-14(13-21)12-20-16-4-2-3-15(11-16)19(22)23/h2-13H,1H3,(H,22,23). The average Bonchev–Trinajstić information content (AvgIpc) is 3.09. The maximum absolute atomic E-state index is 11.0. The molecule has 0 saturated heterocycles. The number of carboxylic acid groups (broad SMARTS) is 1. The molecule has 0 radical (unpaired) electrons. The molecule has 3 rings (SSSR count). The molecule has 0 fully saturated rings. The number of benzene rings is 2. The van der Waals surface area contributed by atoms with Crippen LogP contribution in [0.4, 0.5) is 5.69 Å². The van der Waals surface area contributed by atoms with Crippen molar-refractivity contribution in [1.82, 2.24) is 4.57 Å². The summed E-state index contributed by atoms with van der Waals surface area (Å²) in [6.45, 7) is 0. The molecule has 0 amide bonds. The zero-order chi connectivity index (χ0) is 16.9. The van der Waals surface area contributed by atoms with Gasteiger partial charge in [-0.1, -0.05) is 6.07 Å². The van der Waals surface area contributed by atoms with Crippen LogP contribution in [-0.2, 0) is 0 Å². The molecule has 0 atom stereocenters. The third-order valence-corrected chi connectivity index (χ3v) is 3.54. The Labute approximate surface area is 139 Å². The summed E-state index contributed by atoms with van der Waals surface area (Å²) < 4.78 is 7.13. The van der Waals surface area contributed by atoms with Gasteiger partial charge in [0.2, 0.25) is 0 Å². The van der Waals surface area contributed by atoms with Gasteiger partial charge in [-0.2, -0.15) is 0 Å². The molecule has 0 bridgehead atoms. The number of nitrogens with zero attached hydrogens (tertiary/aromatic N) is 2. The lowest BCUT2D eigenvalue weighted by atomic mass is 10.2. The Hall–Kier alpha value is -3.34. The van der Waals surface area contributed by atoms with E-state index in [4.69, 9.17) is 9.84 Å². The van der Waals surface area contributed by atoms with E-state index in [9.17, 15) is 4.79 Å². The Kier molecular flexibility index (Phi) is 4.43. The lowest BCUT2D eigenvalue weighted by molar-refractivity contribution is 0.0697. The van der Waals surface area contributed by atoms with Gasteiger partial charge >= 0.3 is 5.97 Å². The Morgan fingerprint density at radius 3 is 2.67 bits per heavy atom. The highest BCUT2D eigenvalue weighted by Crippen LogP contribution is 2.17. The van der Waals surface area contributed by atoms with Gasteiger partial charge < -0.3 is 14.4 Å². The summed E-state index contributed by atoms with van der Waals surface area (Å²) in [7, 11) is 1.64. The minimum absolute atomic E-state index is 0.223. The van der Waals surface area contributed by atoms with Gasteiger partial charge in [-0.05, 0) is 48.5 Å². The van der Waals surface area contributed by atoms with Crippen molar-refractivity contribution < 1.29 is 14.6 Å². The molecular formula is C19H16N2O3. The number of rotatable bonds is 5. The zero-order valence-electron chi connectivity index (χ0n) is 13.1. The summed E-state index contributed by atoms with van der Waals surface area (Å²) in [6, 6.07) is 16.2. The fraction of sp³-hybridized carbons (Fsp3) is 0.0526. The van der Waals surface area contributed by atoms with Crippen molar-refractivity contribution >= 4 is 17.9 Å². The molecule has 2 aromatic carbocycles. The number of hydrogen-bond donors (Lipinski definition) is 1. The van der Waals surface area contributed by atoms with Crippen molar-refractivity contribution in [2.45, 2.75) is 0 Å². The molecule has 1 N–H and O–H groups in total. The van der Waals surface area contributed by atoms with E-state index in [1.807, 2.05) is 47.3 Å². The fourth-order valence-corrected chi connectivity index (χ4v) is 2.27. The first-order valence-corrected chi connectivity index (χ1v) is 7.35. The van der Waals surface area contributed by atoms with Gasteiger partial charge in [0.05, 0.1) is 18.4 Å². The first kappa shape index (κ1) is 15.6. The minimum atomic E-state index is -0.960. The fourth-order valence-electron chi connectivity index (χ4n) is 2.27. The highest BCUT2D eigenvalue weighted by molar-refractivity contribution is 5.89. The number of aromatic nitrogens is 1.